The molecule has 2 heterocycles. The molecular weight excluding hydrogens is 256 g/mol. The van der Waals surface area contributed by atoms with E-state index < -0.39 is 0 Å². The third kappa shape index (κ3) is 3.47. The number of hydrogen-bond acceptors (Lipinski definition) is 3. The van der Waals surface area contributed by atoms with Gasteiger partial charge >= 0.3 is 0 Å². The lowest BCUT2D eigenvalue weighted by molar-refractivity contribution is 0.322. The Balaban J connectivity index is 1.91. The van der Waals surface area contributed by atoms with E-state index in [4.69, 9.17) is 0 Å². The number of rotatable bonds is 3. The second kappa shape index (κ2) is 5.90. The maximum Gasteiger partial charge on any atom is 0.194 e. The first-order chi connectivity index (χ1) is 9.06. The molecule has 1 aliphatic rings. The molecule has 4 nitrogen and oxygen atoms in total. The smallest absolute Gasteiger partial charge is 0.194 e. The zero-order valence-corrected chi connectivity index (χ0v) is 13.2. The van der Waals surface area contributed by atoms with Gasteiger partial charge in [-0.05, 0) is 25.2 Å². The summed E-state index contributed by atoms with van der Waals surface area (Å²) in [5.74, 6) is 1.00. The molecule has 1 aliphatic heterocycles. The van der Waals surface area contributed by atoms with Gasteiger partial charge in [-0.2, -0.15) is 0 Å². The number of likely N-dealkylation sites (tertiary alicyclic amines) is 1. The van der Waals surface area contributed by atoms with Gasteiger partial charge in [0.15, 0.2) is 5.96 Å². The van der Waals surface area contributed by atoms with E-state index in [1.807, 2.05) is 14.0 Å². The number of thiazole rings is 1. The fourth-order valence-corrected chi connectivity index (χ4v) is 3.18. The quantitative estimate of drug-likeness (QED) is 0.683. The van der Waals surface area contributed by atoms with Crippen LogP contribution in [0.2, 0.25) is 0 Å². The van der Waals surface area contributed by atoms with Gasteiger partial charge < -0.3 is 10.2 Å². The molecule has 2 rings (SSSR count). The van der Waals surface area contributed by atoms with E-state index in [9.17, 15) is 0 Å². The molecule has 1 fully saturated rings. The van der Waals surface area contributed by atoms with Gasteiger partial charge in [0.05, 0.1) is 6.54 Å². The molecule has 1 aromatic heterocycles. The maximum absolute atomic E-state index is 4.47. The number of guanidine groups is 1. The van der Waals surface area contributed by atoms with Gasteiger partial charge in [0.2, 0.25) is 0 Å². The summed E-state index contributed by atoms with van der Waals surface area (Å²) in [6.07, 6.45) is 2.48. The van der Waals surface area contributed by atoms with E-state index >= 15 is 0 Å². The second-order valence-electron chi connectivity index (χ2n) is 5.62. The lowest BCUT2D eigenvalue weighted by Gasteiger charge is -2.25. The second-order valence-corrected chi connectivity index (χ2v) is 6.56. The zero-order chi connectivity index (χ0) is 13.9. The molecule has 0 bridgehead atoms. The van der Waals surface area contributed by atoms with E-state index in [0.29, 0.717) is 5.41 Å². The first-order valence-electron chi connectivity index (χ1n) is 6.93. The Labute approximate surface area is 120 Å². The van der Waals surface area contributed by atoms with Crippen molar-refractivity contribution < 1.29 is 0 Å². The van der Waals surface area contributed by atoms with Crippen LogP contribution in [0.3, 0.4) is 0 Å². The summed E-state index contributed by atoms with van der Waals surface area (Å²) in [6, 6.07) is 0. The molecule has 0 aliphatic carbocycles. The summed E-state index contributed by atoms with van der Waals surface area (Å²) >= 11 is 1.70. The maximum atomic E-state index is 4.47. The summed E-state index contributed by atoms with van der Waals surface area (Å²) in [5, 5.41) is 6.64. The normalized spacial score (nSPS) is 24.0. The van der Waals surface area contributed by atoms with Crippen molar-refractivity contribution in [3.05, 3.63) is 16.1 Å². The van der Waals surface area contributed by atoms with Gasteiger partial charge in [-0.1, -0.05) is 13.8 Å². The van der Waals surface area contributed by atoms with E-state index in [1.165, 1.54) is 12.8 Å². The first-order valence-corrected chi connectivity index (χ1v) is 7.81. The van der Waals surface area contributed by atoms with Crippen molar-refractivity contribution in [1.29, 1.82) is 0 Å². The van der Waals surface area contributed by atoms with Crippen LogP contribution in [0, 0.1) is 12.3 Å². The molecule has 1 aromatic rings. The minimum atomic E-state index is 0.440. The Morgan fingerprint density at radius 1 is 1.63 bits per heavy atom. The lowest BCUT2D eigenvalue weighted by atomic mass is 9.87. The predicted octanol–water partition coefficient (Wildman–Crippen LogP) is 2.65. The highest BCUT2D eigenvalue weighted by Gasteiger charge is 2.33. The highest BCUT2D eigenvalue weighted by molar-refractivity contribution is 7.09. The summed E-state index contributed by atoms with van der Waals surface area (Å²) in [4.78, 5) is 11.2. The van der Waals surface area contributed by atoms with Crippen molar-refractivity contribution in [1.82, 2.24) is 15.2 Å². The lowest BCUT2D eigenvalue weighted by Crippen LogP contribution is -2.40. The molecule has 1 saturated heterocycles. The third-order valence-electron chi connectivity index (χ3n) is 3.99. The van der Waals surface area contributed by atoms with E-state index in [0.717, 1.165) is 36.3 Å². The van der Waals surface area contributed by atoms with Crippen LogP contribution in [0.5, 0.6) is 0 Å². The van der Waals surface area contributed by atoms with E-state index in [-0.39, 0.29) is 0 Å². The van der Waals surface area contributed by atoms with Gasteiger partial charge in [0.1, 0.15) is 5.01 Å². The third-order valence-corrected chi connectivity index (χ3v) is 4.95. The molecule has 0 amide bonds. The van der Waals surface area contributed by atoms with Crippen molar-refractivity contribution in [2.75, 3.05) is 20.1 Å². The number of aliphatic imine (C=N–C) groups is 1. The van der Waals surface area contributed by atoms with Crippen LogP contribution >= 0.6 is 11.3 Å². The molecule has 19 heavy (non-hydrogen) atoms. The van der Waals surface area contributed by atoms with Crippen LogP contribution in [-0.4, -0.2) is 36.0 Å². The minimum Gasteiger partial charge on any atom is -0.350 e. The van der Waals surface area contributed by atoms with E-state index in [2.05, 4.69) is 39.4 Å². The van der Waals surface area contributed by atoms with Crippen molar-refractivity contribution in [2.45, 2.75) is 40.2 Å². The molecule has 1 N–H and O–H groups in total. The Hall–Kier alpha value is -1.10. The average Bonchev–Trinajstić information content (AvgIpc) is 2.98. The average molecular weight is 280 g/mol. The van der Waals surface area contributed by atoms with Gasteiger partial charge in [0.25, 0.3) is 0 Å². The minimum absolute atomic E-state index is 0.440. The number of hydrogen-bond donors (Lipinski definition) is 1. The van der Waals surface area contributed by atoms with E-state index in [1.54, 1.807) is 11.3 Å². The van der Waals surface area contributed by atoms with Crippen LogP contribution in [0.4, 0.5) is 0 Å². The SMILES string of the molecule is CCC1(C)CCN(C(=NC)NCc2nc(C)cs2)C1. The van der Waals surface area contributed by atoms with Gasteiger partial charge in [-0.25, -0.2) is 4.98 Å². The number of aryl methyl sites for hydroxylation is 1. The molecule has 0 spiro atoms. The van der Waals surface area contributed by atoms with Crippen molar-refractivity contribution >= 4 is 17.3 Å². The van der Waals surface area contributed by atoms with Crippen LogP contribution in [-0.2, 0) is 6.54 Å². The molecule has 0 radical (unpaired) electrons. The zero-order valence-electron chi connectivity index (χ0n) is 12.4. The fraction of sp³-hybridized carbons (Fsp3) is 0.714. The van der Waals surface area contributed by atoms with Gasteiger partial charge in [0, 0.05) is 31.2 Å². The van der Waals surface area contributed by atoms with Crippen LogP contribution in [0.1, 0.15) is 37.4 Å². The van der Waals surface area contributed by atoms with Gasteiger partial charge in [-0.15, -0.1) is 11.3 Å². The topological polar surface area (TPSA) is 40.5 Å². The molecule has 0 saturated carbocycles. The van der Waals surface area contributed by atoms with Crippen LogP contribution in [0.15, 0.2) is 10.4 Å². The number of aromatic nitrogens is 1. The molecule has 5 heteroatoms. The predicted molar refractivity (Wildman–Crippen MR) is 81.6 cm³/mol. The monoisotopic (exact) mass is 280 g/mol. The Kier molecular flexibility index (Phi) is 4.45. The Bertz CT molecular complexity index is 454. The molecule has 1 unspecified atom stereocenters. The molecular formula is C14H24N4S. The molecule has 106 valence electrons. The van der Waals surface area contributed by atoms with Crippen LogP contribution in [0.25, 0.3) is 0 Å². The molecule has 1 atom stereocenters. The van der Waals surface area contributed by atoms with Crippen molar-refractivity contribution in [3.8, 4) is 0 Å². The molecule has 0 aromatic carbocycles. The van der Waals surface area contributed by atoms with Crippen LogP contribution < -0.4 is 5.32 Å². The van der Waals surface area contributed by atoms with Gasteiger partial charge in [-0.3, -0.25) is 4.99 Å². The Morgan fingerprint density at radius 3 is 2.95 bits per heavy atom. The first kappa shape index (κ1) is 14.3. The van der Waals surface area contributed by atoms with Crippen molar-refractivity contribution in [2.24, 2.45) is 10.4 Å². The van der Waals surface area contributed by atoms with Crippen molar-refractivity contribution in [3.63, 3.8) is 0 Å². The largest absolute Gasteiger partial charge is 0.350 e. The summed E-state index contributed by atoms with van der Waals surface area (Å²) in [7, 11) is 1.86. The fourth-order valence-electron chi connectivity index (χ4n) is 2.46. The Morgan fingerprint density at radius 2 is 2.42 bits per heavy atom. The summed E-state index contributed by atoms with van der Waals surface area (Å²) in [6.45, 7) is 9.63. The number of nitrogens with zero attached hydrogens (tertiary/aromatic N) is 3. The summed E-state index contributed by atoms with van der Waals surface area (Å²) < 4.78 is 0. The highest BCUT2D eigenvalue weighted by Crippen LogP contribution is 2.32. The summed E-state index contributed by atoms with van der Waals surface area (Å²) in [5.41, 5.74) is 1.53. The highest BCUT2D eigenvalue weighted by atomic mass is 32.1. The number of nitrogens with one attached hydrogen (secondary N) is 1. The standard InChI is InChI=1S/C14H24N4S/c1-5-14(3)6-7-18(10-14)13(15-4)16-8-12-17-11(2)9-19-12/h9H,5-8,10H2,1-4H3,(H,15,16).